The van der Waals surface area contributed by atoms with Crippen LogP contribution < -0.4 is 4.90 Å². The summed E-state index contributed by atoms with van der Waals surface area (Å²) in [5.41, 5.74) is 0.888. The molecule has 0 aliphatic carbocycles. The van der Waals surface area contributed by atoms with Crippen LogP contribution in [0.5, 0.6) is 0 Å². The van der Waals surface area contributed by atoms with E-state index >= 15 is 0 Å². The fourth-order valence-corrected chi connectivity index (χ4v) is 2.50. The Morgan fingerprint density at radius 1 is 1.37 bits per heavy atom. The van der Waals surface area contributed by atoms with Crippen molar-refractivity contribution in [2.45, 2.75) is 13.8 Å². The topological polar surface area (TPSA) is 56.7 Å². The van der Waals surface area contributed by atoms with Crippen LogP contribution in [0.2, 0.25) is 0 Å². The van der Waals surface area contributed by atoms with E-state index < -0.39 is 5.97 Å². The van der Waals surface area contributed by atoms with Crippen molar-refractivity contribution in [3.05, 3.63) is 24.0 Å². The zero-order chi connectivity index (χ0) is 13.8. The molecule has 1 aromatic heterocycles. The normalized spacial score (nSPS) is 16.9. The molecule has 0 atom stereocenters. The molecule has 2 heterocycles. The predicted octanol–water partition coefficient (Wildman–Crippen LogP) is 1.56. The summed E-state index contributed by atoms with van der Waals surface area (Å²) in [6.07, 6.45) is 1.53. The van der Waals surface area contributed by atoms with Gasteiger partial charge in [0, 0.05) is 38.9 Å². The Kier molecular flexibility index (Phi) is 4.37. The van der Waals surface area contributed by atoms with Crippen LogP contribution in [0.25, 0.3) is 0 Å². The number of nitrogens with zero attached hydrogens (tertiary/aromatic N) is 3. The summed E-state index contributed by atoms with van der Waals surface area (Å²) in [7, 11) is 0. The molecular formula is C14H21N3O2. The van der Waals surface area contributed by atoms with Crippen LogP contribution in [0.4, 0.5) is 5.69 Å². The Labute approximate surface area is 113 Å². The van der Waals surface area contributed by atoms with Gasteiger partial charge in [0.25, 0.3) is 0 Å². The van der Waals surface area contributed by atoms with E-state index in [9.17, 15) is 4.79 Å². The Hall–Kier alpha value is -1.62. The van der Waals surface area contributed by atoms with Gasteiger partial charge in [-0.3, -0.25) is 4.90 Å². The highest BCUT2D eigenvalue weighted by molar-refractivity contribution is 5.92. The van der Waals surface area contributed by atoms with Crippen LogP contribution in [0, 0.1) is 5.92 Å². The molecule has 1 aliphatic rings. The van der Waals surface area contributed by atoms with E-state index in [2.05, 4.69) is 28.6 Å². The molecule has 0 radical (unpaired) electrons. The summed E-state index contributed by atoms with van der Waals surface area (Å²) in [5.74, 6) is -0.292. The van der Waals surface area contributed by atoms with E-state index in [1.54, 1.807) is 6.07 Å². The van der Waals surface area contributed by atoms with Crippen molar-refractivity contribution >= 4 is 11.7 Å². The second-order valence-corrected chi connectivity index (χ2v) is 5.36. The number of anilines is 1. The average Bonchev–Trinajstić information content (AvgIpc) is 2.39. The molecule has 1 fully saturated rings. The lowest BCUT2D eigenvalue weighted by molar-refractivity contribution is 0.0691. The van der Waals surface area contributed by atoms with Crippen LogP contribution >= 0.6 is 0 Å². The fraction of sp³-hybridized carbons (Fsp3) is 0.571. The van der Waals surface area contributed by atoms with Crippen molar-refractivity contribution in [2.24, 2.45) is 5.92 Å². The van der Waals surface area contributed by atoms with Crippen LogP contribution in [0.3, 0.4) is 0 Å². The van der Waals surface area contributed by atoms with Crippen LogP contribution in [-0.2, 0) is 0 Å². The first kappa shape index (κ1) is 13.8. The maximum atomic E-state index is 11.2. The smallest absolute Gasteiger partial charge is 0.356 e. The average molecular weight is 263 g/mol. The number of carbonyl (C=O) groups is 1. The Morgan fingerprint density at radius 3 is 2.63 bits per heavy atom. The molecule has 1 N–H and O–H groups in total. The molecule has 1 saturated heterocycles. The van der Waals surface area contributed by atoms with E-state index in [-0.39, 0.29) is 5.69 Å². The molecule has 0 unspecified atom stereocenters. The van der Waals surface area contributed by atoms with Gasteiger partial charge in [-0.15, -0.1) is 0 Å². The summed E-state index contributed by atoms with van der Waals surface area (Å²) in [4.78, 5) is 19.7. The quantitative estimate of drug-likeness (QED) is 0.893. The molecule has 5 heteroatoms. The number of rotatable bonds is 4. The minimum absolute atomic E-state index is 0.153. The van der Waals surface area contributed by atoms with Crippen molar-refractivity contribution < 1.29 is 9.90 Å². The number of piperazine rings is 1. The van der Waals surface area contributed by atoms with Gasteiger partial charge in [0.1, 0.15) is 0 Å². The van der Waals surface area contributed by atoms with Crippen molar-refractivity contribution in [1.29, 1.82) is 0 Å². The second-order valence-electron chi connectivity index (χ2n) is 5.36. The molecule has 0 bridgehead atoms. The first-order valence-electron chi connectivity index (χ1n) is 6.73. The molecule has 2 rings (SSSR count). The first-order valence-corrected chi connectivity index (χ1v) is 6.73. The Morgan fingerprint density at radius 2 is 2.05 bits per heavy atom. The fourth-order valence-electron chi connectivity index (χ4n) is 2.50. The number of pyridine rings is 1. The van der Waals surface area contributed by atoms with Gasteiger partial charge in [-0.25, -0.2) is 9.78 Å². The highest BCUT2D eigenvalue weighted by atomic mass is 16.4. The number of aromatic nitrogens is 1. The summed E-state index contributed by atoms with van der Waals surface area (Å²) in [6.45, 7) is 9.22. The molecule has 5 nitrogen and oxygen atoms in total. The van der Waals surface area contributed by atoms with Crippen molar-refractivity contribution in [3.8, 4) is 0 Å². The van der Waals surface area contributed by atoms with Crippen molar-refractivity contribution in [3.63, 3.8) is 0 Å². The number of carboxylic acid groups (broad SMARTS) is 1. The van der Waals surface area contributed by atoms with Crippen molar-refractivity contribution in [1.82, 2.24) is 9.88 Å². The first-order chi connectivity index (χ1) is 9.08. The molecule has 1 aliphatic heterocycles. The Balaban J connectivity index is 2.04. The van der Waals surface area contributed by atoms with Crippen LogP contribution in [0.15, 0.2) is 18.3 Å². The van der Waals surface area contributed by atoms with Gasteiger partial charge in [0.2, 0.25) is 0 Å². The van der Waals surface area contributed by atoms with E-state index in [0.717, 1.165) is 38.4 Å². The van der Waals surface area contributed by atoms with Gasteiger partial charge < -0.3 is 10.0 Å². The highest BCUT2D eigenvalue weighted by Crippen LogP contribution is 2.20. The van der Waals surface area contributed by atoms with Gasteiger partial charge in [-0.1, -0.05) is 13.8 Å². The summed E-state index contributed by atoms with van der Waals surface area (Å²) >= 11 is 0. The molecule has 0 spiro atoms. The molecule has 19 heavy (non-hydrogen) atoms. The molecule has 0 amide bonds. The number of hydrogen-bond acceptors (Lipinski definition) is 4. The standard InChI is InChI=1S/C14H21N3O2/c1-11(2)10-16-6-8-17(9-7-16)12-4-3-5-15-13(12)14(18)19/h3-5,11H,6-10H2,1-2H3,(H,18,19). The van der Waals surface area contributed by atoms with Gasteiger partial charge in [-0.05, 0) is 18.1 Å². The number of carboxylic acids is 1. The molecule has 0 saturated carbocycles. The van der Waals surface area contributed by atoms with Crippen LogP contribution in [0.1, 0.15) is 24.3 Å². The maximum absolute atomic E-state index is 11.2. The van der Waals surface area contributed by atoms with E-state index in [1.807, 2.05) is 6.07 Å². The summed E-state index contributed by atoms with van der Waals surface area (Å²) in [5, 5.41) is 9.17. The van der Waals surface area contributed by atoms with E-state index in [0.29, 0.717) is 5.92 Å². The zero-order valence-electron chi connectivity index (χ0n) is 11.5. The lowest BCUT2D eigenvalue weighted by Gasteiger charge is -2.37. The molecule has 104 valence electrons. The lowest BCUT2D eigenvalue weighted by Crippen LogP contribution is -2.47. The molecule has 0 aromatic carbocycles. The lowest BCUT2D eigenvalue weighted by atomic mass is 10.1. The third-order valence-electron chi connectivity index (χ3n) is 3.33. The van der Waals surface area contributed by atoms with Gasteiger partial charge in [0.15, 0.2) is 5.69 Å². The number of hydrogen-bond donors (Lipinski definition) is 1. The van der Waals surface area contributed by atoms with E-state index in [4.69, 9.17) is 5.11 Å². The second kappa shape index (κ2) is 6.02. The van der Waals surface area contributed by atoms with Crippen molar-refractivity contribution in [2.75, 3.05) is 37.6 Å². The predicted molar refractivity (Wildman–Crippen MR) is 74.7 cm³/mol. The molecular weight excluding hydrogens is 242 g/mol. The SMILES string of the molecule is CC(C)CN1CCN(c2cccnc2C(=O)O)CC1. The maximum Gasteiger partial charge on any atom is 0.356 e. The molecule has 1 aromatic rings. The number of aromatic carboxylic acids is 1. The van der Waals surface area contributed by atoms with Gasteiger partial charge in [-0.2, -0.15) is 0 Å². The highest BCUT2D eigenvalue weighted by Gasteiger charge is 2.22. The minimum Gasteiger partial charge on any atom is -0.476 e. The summed E-state index contributed by atoms with van der Waals surface area (Å²) in [6, 6.07) is 3.64. The van der Waals surface area contributed by atoms with E-state index in [1.165, 1.54) is 6.20 Å². The van der Waals surface area contributed by atoms with Crippen LogP contribution in [-0.4, -0.2) is 53.7 Å². The Bertz CT molecular complexity index is 440. The summed E-state index contributed by atoms with van der Waals surface area (Å²) < 4.78 is 0. The van der Waals surface area contributed by atoms with Gasteiger partial charge in [0.05, 0.1) is 5.69 Å². The minimum atomic E-state index is -0.958. The largest absolute Gasteiger partial charge is 0.476 e. The van der Waals surface area contributed by atoms with Gasteiger partial charge >= 0.3 is 5.97 Å². The third-order valence-corrected chi connectivity index (χ3v) is 3.33. The monoisotopic (exact) mass is 263 g/mol. The zero-order valence-corrected chi connectivity index (χ0v) is 11.5. The third kappa shape index (κ3) is 3.44.